The zero-order valence-electron chi connectivity index (χ0n) is 8.25. The Balaban J connectivity index is 2.17. The first kappa shape index (κ1) is 10.4. The maximum absolute atomic E-state index is 6.30. The van der Waals surface area contributed by atoms with Crippen LogP contribution in [0.1, 0.15) is 37.3 Å². The highest BCUT2D eigenvalue weighted by molar-refractivity contribution is 14.1. The molecule has 1 aliphatic rings. The van der Waals surface area contributed by atoms with Crippen molar-refractivity contribution in [1.29, 1.82) is 0 Å². The Labute approximate surface area is 99.2 Å². The van der Waals surface area contributed by atoms with Crippen molar-refractivity contribution in [2.75, 3.05) is 0 Å². The van der Waals surface area contributed by atoms with Gasteiger partial charge in [-0.1, -0.05) is 31.0 Å². The molecule has 0 unspecified atom stereocenters. The lowest BCUT2D eigenvalue weighted by Crippen LogP contribution is -2.20. The second-order valence-electron chi connectivity index (χ2n) is 4.09. The maximum Gasteiger partial charge on any atom is 0.0334 e. The minimum Gasteiger partial charge on any atom is -0.324 e. The first-order chi connectivity index (χ1) is 6.79. The molecule has 1 saturated carbocycles. The third-order valence-corrected chi connectivity index (χ3v) is 4.15. The van der Waals surface area contributed by atoms with Gasteiger partial charge in [-0.15, -0.1) is 0 Å². The van der Waals surface area contributed by atoms with E-state index in [9.17, 15) is 0 Å². The van der Waals surface area contributed by atoms with Crippen molar-refractivity contribution in [2.45, 2.75) is 31.7 Å². The molecular weight excluding hydrogens is 285 g/mol. The van der Waals surface area contributed by atoms with E-state index in [2.05, 4.69) is 46.9 Å². The molecule has 14 heavy (non-hydrogen) atoms. The van der Waals surface area contributed by atoms with Crippen LogP contribution in [0.25, 0.3) is 0 Å². The van der Waals surface area contributed by atoms with Gasteiger partial charge in [0.05, 0.1) is 0 Å². The lowest BCUT2D eigenvalue weighted by Gasteiger charge is -2.20. The van der Waals surface area contributed by atoms with E-state index in [1.165, 1.54) is 34.8 Å². The molecule has 1 aromatic carbocycles. The van der Waals surface area contributed by atoms with Crippen LogP contribution in [-0.4, -0.2) is 0 Å². The van der Waals surface area contributed by atoms with E-state index in [0.717, 1.165) is 0 Å². The van der Waals surface area contributed by atoms with Gasteiger partial charge in [0.2, 0.25) is 0 Å². The third kappa shape index (κ3) is 2.11. The van der Waals surface area contributed by atoms with Crippen molar-refractivity contribution in [1.82, 2.24) is 0 Å². The Kier molecular flexibility index (Phi) is 3.44. The van der Waals surface area contributed by atoms with Crippen molar-refractivity contribution in [2.24, 2.45) is 11.7 Å². The first-order valence-electron chi connectivity index (χ1n) is 5.29. The molecule has 1 atom stereocenters. The zero-order chi connectivity index (χ0) is 9.97. The van der Waals surface area contributed by atoms with Crippen molar-refractivity contribution >= 4 is 22.6 Å². The summed E-state index contributed by atoms with van der Waals surface area (Å²) >= 11 is 2.38. The quantitative estimate of drug-likeness (QED) is 0.832. The van der Waals surface area contributed by atoms with Crippen LogP contribution in [0.3, 0.4) is 0 Å². The van der Waals surface area contributed by atoms with Gasteiger partial charge >= 0.3 is 0 Å². The monoisotopic (exact) mass is 301 g/mol. The van der Waals surface area contributed by atoms with Gasteiger partial charge in [-0.25, -0.2) is 0 Å². The molecule has 2 heteroatoms. The standard InChI is InChI=1S/C12H16IN/c13-11-8-4-3-7-10(11)12(14)9-5-1-2-6-9/h3-4,7-9,12H,1-2,5-6,14H2/t12-/m1/s1. The molecule has 2 N–H and O–H groups in total. The van der Waals surface area contributed by atoms with E-state index in [0.29, 0.717) is 5.92 Å². The summed E-state index contributed by atoms with van der Waals surface area (Å²) in [6.07, 6.45) is 5.35. The summed E-state index contributed by atoms with van der Waals surface area (Å²) in [6, 6.07) is 8.74. The molecule has 1 nitrogen and oxygen atoms in total. The molecule has 0 saturated heterocycles. The Morgan fingerprint density at radius 3 is 2.50 bits per heavy atom. The topological polar surface area (TPSA) is 26.0 Å². The number of rotatable bonds is 2. The number of benzene rings is 1. The predicted octanol–water partition coefficient (Wildman–Crippen LogP) is 3.48. The Morgan fingerprint density at radius 2 is 1.86 bits per heavy atom. The van der Waals surface area contributed by atoms with Crippen LogP contribution in [0, 0.1) is 9.49 Å². The number of hydrogen-bond donors (Lipinski definition) is 1. The molecule has 0 bridgehead atoms. The van der Waals surface area contributed by atoms with Gasteiger partial charge in [-0.05, 0) is 53.0 Å². The lowest BCUT2D eigenvalue weighted by molar-refractivity contribution is 0.443. The summed E-state index contributed by atoms with van der Waals surface area (Å²) < 4.78 is 1.31. The fourth-order valence-corrected chi connectivity index (χ4v) is 3.06. The van der Waals surface area contributed by atoms with E-state index < -0.39 is 0 Å². The highest BCUT2D eigenvalue weighted by atomic mass is 127. The van der Waals surface area contributed by atoms with Gasteiger partial charge in [0.15, 0.2) is 0 Å². The van der Waals surface area contributed by atoms with E-state index >= 15 is 0 Å². The lowest BCUT2D eigenvalue weighted by atomic mass is 9.93. The zero-order valence-corrected chi connectivity index (χ0v) is 10.4. The average molecular weight is 301 g/mol. The van der Waals surface area contributed by atoms with Crippen molar-refractivity contribution < 1.29 is 0 Å². The average Bonchev–Trinajstić information content (AvgIpc) is 2.70. The molecule has 2 rings (SSSR count). The Hall–Kier alpha value is -0.0900. The van der Waals surface area contributed by atoms with E-state index in [-0.39, 0.29) is 6.04 Å². The molecule has 1 aromatic rings. The van der Waals surface area contributed by atoms with Gasteiger partial charge in [-0.3, -0.25) is 0 Å². The molecular formula is C12H16IN. The fraction of sp³-hybridized carbons (Fsp3) is 0.500. The molecule has 0 heterocycles. The van der Waals surface area contributed by atoms with E-state index in [4.69, 9.17) is 5.73 Å². The van der Waals surface area contributed by atoms with Gasteiger partial charge < -0.3 is 5.73 Å². The number of halogens is 1. The van der Waals surface area contributed by atoms with Crippen molar-refractivity contribution in [3.63, 3.8) is 0 Å². The molecule has 76 valence electrons. The molecule has 1 aliphatic carbocycles. The smallest absolute Gasteiger partial charge is 0.0334 e. The van der Waals surface area contributed by atoms with Gasteiger partial charge in [-0.2, -0.15) is 0 Å². The minimum absolute atomic E-state index is 0.255. The predicted molar refractivity (Wildman–Crippen MR) is 68.0 cm³/mol. The summed E-state index contributed by atoms with van der Waals surface area (Å²) in [5, 5.41) is 0. The van der Waals surface area contributed by atoms with Crippen LogP contribution >= 0.6 is 22.6 Å². The van der Waals surface area contributed by atoms with E-state index in [1.54, 1.807) is 0 Å². The van der Waals surface area contributed by atoms with Crippen molar-refractivity contribution in [3.05, 3.63) is 33.4 Å². The molecule has 0 spiro atoms. The normalized spacial score (nSPS) is 19.9. The summed E-state index contributed by atoms with van der Waals surface area (Å²) in [5.74, 6) is 0.714. The summed E-state index contributed by atoms with van der Waals surface area (Å²) in [5.41, 5.74) is 7.63. The van der Waals surface area contributed by atoms with Gasteiger partial charge in [0, 0.05) is 9.61 Å². The fourth-order valence-electron chi connectivity index (χ4n) is 2.32. The highest BCUT2D eigenvalue weighted by Crippen LogP contribution is 2.35. The van der Waals surface area contributed by atoms with Crippen LogP contribution in [-0.2, 0) is 0 Å². The second-order valence-corrected chi connectivity index (χ2v) is 5.25. The van der Waals surface area contributed by atoms with Gasteiger partial charge in [0.25, 0.3) is 0 Å². The summed E-state index contributed by atoms with van der Waals surface area (Å²) in [6.45, 7) is 0. The maximum atomic E-state index is 6.30. The van der Waals surface area contributed by atoms with Crippen LogP contribution in [0.4, 0.5) is 0 Å². The number of hydrogen-bond acceptors (Lipinski definition) is 1. The Bertz CT molecular complexity index is 305. The van der Waals surface area contributed by atoms with Gasteiger partial charge in [0.1, 0.15) is 0 Å². The van der Waals surface area contributed by atoms with Crippen LogP contribution in [0.5, 0.6) is 0 Å². The van der Waals surface area contributed by atoms with Crippen LogP contribution in [0.15, 0.2) is 24.3 Å². The molecule has 0 aromatic heterocycles. The molecule has 1 fully saturated rings. The van der Waals surface area contributed by atoms with Crippen molar-refractivity contribution in [3.8, 4) is 0 Å². The minimum atomic E-state index is 0.255. The molecule has 0 amide bonds. The highest BCUT2D eigenvalue weighted by Gasteiger charge is 2.24. The van der Waals surface area contributed by atoms with E-state index in [1.807, 2.05) is 0 Å². The Morgan fingerprint density at radius 1 is 1.21 bits per heavy atom. The first-order valence-corrected chi connectivity index (χ1v) is 6.37. The molecule has 0 radical (unpaired) electrons. The number of nitrogens with two attached hydrogens (primary N) is 1. The SMILES string of the molecule is N[C@@H](c1ccccc1I)C1CCCC1. The van der Waals surface area contributed by atoms with Crippen LogP contribution in [0.2, 0.25) is 0 Å². The summed E-state index contributed by atoms with van der Waals surface area (Å²) in [4.78, 5) is 0. The molecule has 0 aliphatic heterocycles. The van der Waals surface area contributed by atoms with Crippen LogP contribution < -0.4 is 5.73 Å². The summed E-state index contributed by atoms with van der Waals surface area (Å²) in [7, 11) is 0. The second kappa shape index (κ2) is 4.62. The largest absolute Gasteiger partial charge is 0.324 e. The third-order valence-electron chi connectivity index (χ3n) is 3.17.